The summed E-state index contributed by atoms with van der Waals surface area (Å²) in [7, 11) is -3.25. The Morgan fingerprint density at radius 1 is 0.432 bits per heavy atom. The minimum absolute atomic E-state index is 0.274. The molecule has 228 valence electrons. The predicted molar refractivity (Wildman–Crippen MR) is 167 cm³/mol. The molecule has 0 radical (unpaired) electrons. The van der Waals surface area contributed by atoms with Crippen molar-refractivity contribution >= 4 is 60.4 Å². The van der Waals surface area contributed by atoms with E-state index in [1.807, 2.05) is 97.1 Å². The van der Waals surface area contributed by atoms with Gasteiger partial charge in [0.05, 0.1) is 39.6 Å². The second-order valence-electron chi connectivity index (χ2n) is 9.74. The van der Waals surface area contributed by atoms with Gasteiger partial charge in [0.15, 0.2) is 12.6 Å². The Hall–Kier alpha value is -3.56. The molecule has 4 aromatic carbocycles. The highest BCUT2D eigenvalue weighted by Gasteiger charge is 2.31. The monoisotopic (exact) mass is 636 g/mol. The molecule has 0 atom stereocenters. The molecule has 0 N–H and O–H groups in total. The van der Waals surface area contributed by atoms with Crippen molar-refractivity contribution in [1.82, 2.24) is 0 Å². The van der Waals surface area contributed by atoms with E-state index in [9.17, 15) is 0 Å². The first-order valence-electron chi connectivity index (χ1n) is 14.2. The van der Waals surface area contributed by atoms with E-state index in [-0.39, 0.29) is 13.2 Å². The van der Waals surface area contributed by atoms with Gasteiger partial charge in [-0.3, -0.25) is 9.05 Å². The van der Waals surface area contributed by atoms with Gasteiger partial charge < -0.3 is 35.7 Å². The number of hydrogen-bond donors (Lipinski definition) is 0. The Balaban J connectivity index is 0.812. The standard InChI is InChI=1S/C32H30O10P2/c1-5-13-27-23(9-1)24-10-2-6-14-28(24)40-43(39-27)35-19-17-33-21-31-37-32(38-31)22-34-18-20-36-44-41-29-15-7-3-11-25(29)26-12-4-8-16-30(26)42-44/h1-16,31-32H,17-22H2. The lowest BCUT2D eigenvalue weighted by Crippen LogP contribution is -2.46. The van der Waals surface area contributed by atoms with Crippen molar-refractivity contribution < 1.29 is 44.8 Å². The summed E-state index contributed by atoms with van der Waals surface area (Å²) < 4.78 is 58.4. The van der Waals surface area contributed by atoms with E-state index in [2.05, 4.69) is 0 Å². The van der Waals surface area contributed by atoms with E-state index in [0.29, 0.717) is 26.4 Å². The van der Waals surface area contributed by atoms with Crippen molar-refractivity contribution in [3.63, 3.8) is 0 Å². The molecule has 0 aliphatic carbocycles. The fraction of sp³-hybridized carbons (Fsp3) is 0.250. The van der Waals surface area contributed by atoms with E-state index >= 15 is 0 Å². The van der Waals surface area contributed by atoms with Crippen molar-refractivity contribution in [2.24, 2.45) is 0 Å². The van der Waals surface area contributed by atoms with E-state index in [4.69, 9.17) is 44.8 Å². The fourth-order valence-electron chi connectivity index (χ4n) is 4.75. The Bertz CT molecular complexity index is 1680. The Morgan fingerprint density at radius 2 is 0.750 bits per heavy atom. The van der Waals surface area contributed by atoms with Crippen molar-refractivity contribution in [2.75, 3.05) is 39.6 Å². The third-order valence-corrected chi connectivity index (χ3v) is 8.95. The number of fused-ring (bicyclic) bond motifs is 6. The zero-order valence-electron chi connectivity index (χ0n) is 23.6. The molecule has 6 aromatic rings. The lowest BCUT2D eigenvalue weighted by atomic mass is 10.1. The molecule has 0 amide bonds. The molecule has 10 nitrogen and oxygen atoms in total. The number of ether oxygens (including phenoxy) is 4. The zero-order valence-corrected chi connectivity index (χ0v) is 25.4. The maximum atomic E-state index is 6.02. The van der Waals surface area contributed by atoms with Crippen LogP contribution in [-0.2, 0) is 18.9 Å². The van der Waals surface area contributed by atoms with Crippen LogP contribution in [0, 0.1) is 0 Å². The van der Waals surface area contributed by atoms with Gasteiger partial charge in [0.2, 0.25) is 0 Å². The van der Waals surface area contributed by atoms with Crippen LogP contribution in [0.4, 0.5) is 0 Å². The highest BCUT2D eigenvalue weighted by Crippen LogP contribution is 2.34. The molecule has 1 fully saturated rings. The van der Waals surface area contributed by atoms with Crippen LogP contribution in [0.25, 0.3) is 43.9 Å². The van der Waals surface area contributed by atoms with Gasteiger partial charge in [0.25, 0.3) is 0 Å². The summed E-state index contributed by atoms with van der Waals surface area (Å²) in [5.74, 6) is 0. The first kappa shape index (κ1) is 29.2. The van der Waals surface area contributed by atoms with Gasteiger partial charge >= 0.3 is 16.5 Å². The summed E-state index contributed by atoms with van der Waals surface area (Å²) in [5, 5.41) is 3.89. The Kier molecular flexibility index (Phi) is 9.30. The molecule has 0 bridgehead atoms. The van der Waals surface area contributed by atoms with Crippen LogP contribution >= 0.6 is 16.5 Å². The van der Waals surface area contributed by atoms with Crippen LogP contribution in [0.1, 0.15) is 0 Å². The molecule has 44 heavy (non-hydrogen) atoms. The van der Waals surface area contributed by atoms with Gasteiger partial charge in [-0.25, -0.2) is 0 Å². The molecule has 0 saturated carbocycles. The molecule has 7 rings (SSSR count). The van der Waals surface area contributed by atoms with Crippen molar-refractivity contribution in [2.45, 2.75) is 12.6 Å². The highest BCUT2D eigenvalue weighted by atomic mass is 31.1. The zero-order chi connectivity index (χ0) is 29.6. The Labute approximate surface area is 254 Å². The average Bonchev–Trinajstić information content (AvgIpc) is 3.30. The second-order valence-corrected chi connectivity index (χ2v) is 11.9. The van der Waals surface area contributed by atoms with E-state index in [1.165, 1.54) is 0 Å². The summed E-state index contributed by atoms with van der Waals surface area (Å²) in [6.07, 6.45) is -0.905. The third-order valence-electron chi connectivity index (χ3n) is 6.78. The van der Waals surface area contributed by atoms with Gasteiger partial charge in [-0.2, -0.15) is 0 Å². The van der Waals surface area contributed by atoms with E-state index in [0.717, 1.165) is 43.9 Å². The van der Waals surface area contributed by atoms with Crippen LogP contribution < -0.4 is 9.05 Å². The summed E-state index contributed by atoms with van der Waals surface area (Å²) in [4.78, 5) is 0. The largest absolute Gasteiger partial charge is 0.399 e. The molecule has 0 spiro atoms. The average molecular weight is 637 g/mol. The minimum Gasteiger partial charge on any atom is -0.399 e. The lowest BCUT2D eigenvalue weighted by Gasteiger charge is -2.35. The second kappa shape index (κ2) is 14.0. The topological polar surface area (TPSA) is 108 Å². The van der Waals surface area contributed by atoms with Gasteiger partial charge in [-0.15, -0.1) is 0 Å². The molecular formula is C32H30O10P2. The van der Waals surface area contributed by atoms with Crippen LogP contribution in [-0.4, -0.2) is 52.2 Å². The van der Waals surface area contributed by atoms with Gasteiger partial charge in [-0.05, 0) is 24.3 Å². The number of benzene rings is 4. The quantitative estimate of drug-likeness (QED) is 0.122. The smallest absolute Gasteiger partial charge is 0.387 e. The van der Waals surface area contributed by atoms with E-state index < -0.39 is 29.1 Å². The maximum absolute atomic E-state index is 6.02. The number of hydrogen-bond acceptors (Lipinski definition) is 10. The normalized spacial score (nSPS) is 16.5. The number of rotatable bonds is 12. The maximum Gasteiger partial charge on any atom is 0.387 e. The summed E-state index contributed by atoms with van der Waals surface area (Å²) >= 11 is 0. The predicted octanol–water partition coefficient (Wildman–Crippen LogP) is 8.18. The summed E-state index contributed by atoms with van der Waals surface area (Å²) in [6, 6.07) is 31.3. The molecule has 1 saturated heterocycles. The van der Waals surface area contributed by atoms with Crippen molar-refractivity contribution in [1.29, 1.82) is 0 Å². The number of para-hydroxylation sites is 4. The van der Waals surface area contributed by atoms with Gasteiger partial charge in [0.1, 0.15) is 22.3 Å². The molecule has 12 heteroatoms. The minimum atomic E-state index is -1.62. The van der Waals surface area contributed by atoms with Gasteiger partial charge in [-0.1, -0.05) is 72.8 Å². The molecule has 1 aliphatic rings. The molecule has 0 unspecified atom stereocenters. The summed E-state index contributed by atoms with van der Waals surface area (Å²) in [6.45, 7) is 1.80. The third kappa shape index (κ3) is 6.89. The van der Waals surface area contributed by atoms with Crippen LogP contribution in [0.3, 0.4) is 0 Å². The highest BCUT2D eigenvalue weighted by molar-refractivity contribution is 7.32. The first-order valence-corrected chi connectivity index (χ1v) is 16.4. The van der Waals surface area contributed by atoms with Crippen LogP contribution in [0.2, 0.25) is 0 Å². The molecular weight excluding hydrogens is 606 g/mol. The van der Waals surface area contributed by atoms with Crippen molar-refractivity contribution in [3.8, 4) is 0 Å². The van der Waals surface area contributed by atoms with Crippen molar-refractivity contribution in [3.05, 3.63) is 97.1 Å². The first-order chi connectivity index (χ1) is 21.8. The summed E-state index contributed by atoms with van der Waals surface area (Å²) in [5.41, 5.74) is 2.90. The van der Waals surface area contributed by atoms with Crippen LogP contribution in [0.5, 0.6) is 0 Å². The SMILES string of the molecule is c1ccc2c(c1)op(OCCOCC1OC(COCCOp3oc4ccccc4c4ccccc4o3)O1)oc1ccccc12. The molecule has 1 aliphatic heterocycles. The van der Waals surface area contributed by atoms with Crippen LogP contribution in [0.15, 0.2) is 114 Å². The Morgan fingerprint density at radius 3 is 1.09 bits per heavy atom. The molecule has 2 aromatic heterocycles. The fourth-order valence-corrected chi connectivity index (χ4v) is 6.76. The molecule has 3 heterocycles. The van der Waals surface area contributed by atoms with E-state index in [1.54, 1.807) is 0 Å². The lowest BCUT2D eigenvalue weighted by molar-refractivity contribution is -0.400. The van der Waals surface area contributed by atoms with Gasteiger partial charge in [0, 0.05) is 21.5 Å².